The molecular formula is C11H13Cl2NO. The normalized spacial score (nSPS) is 11.2. The molecule has 82 valence electrons. The molecule has 0 fully saturated rings. The molecule has 0 unspecified atom stereocenters. The van der Waals surface area contributed by atoms with Crippen molar-refractivity contribution in [3.05, 3.63) is 33.8 Å². The van der Waals surface area contributed by atoms with Gasteiger partial charge in [-0.25, -0.2) is 0 Å². The molecule has 1 aromatic rings. The molecule has 0 bridgehead atoms. The van der Waals surface area contributed by atoms with Gasteiger partial charge in [0.05, 0.1) is 10.0 Å². The van der Waals surface area contributed by atoms with Gasteiger partial charge in [0.1, 0.15) is 0 Å². The Labute approximate surface area is 99.6 Å². The molecule has 4 heteroatoms. The molecule has 0 saturated heterocycles. The van der Waals surface area contributed by atoms with Crippen molar-refractivity contribution in [1.29, 1.82) is 0 Å². The lowest BCUT2D eigenvalue weighted by atomic mass is 9.85. The molecule has 1 aromatic carbocycles. The number of carbonyl (C=O) groups is 1. The first kappa shape index (κ1) is 12.3. The number of carbonyl (C=O) groups excluding carboxylic acids is 1. The van der Waals surface area contributed by atoms with Gasteiger partial charge < -0.3 is 5.32 Å². The van der Waals surface area contributed by atoms with Crippen LogP contribution in [0.5, 0.6) is 0 Å². The highest BCUT2D eigenvalue weighted by Crippen LogP contribution is 2.29. The number of halogens is 2. The Morgan fingerprint density at radius 2 is 2.00 bits per heavy atom. The molecule has 0 aliphatic rings. The highest BCUT2D eigenvalue weighted by Gasteiger charge is 2.20. The Morgan fingerprint density at radius 1 is 1.33 bits per heavy atom. The molecule has 0 radical (unpaired) electrons. The minimum absolute atomic E-state index is 0.158. The van der Waals surface area contributed by atoms with Gasteiger partial charge in [-0.2, -0.15) is 0 Å². The summed E-state index contributed by atoms with van der Waals surface area (Å²) in [4.78, 5) is 10.2. The van der Waals surface area contributed by atoms with Crippen molar-refractivity contribution in [1.82, 2.24) is 5.32 Å². The fourth-order valence-corrected chi connectivity index (χ4v) is 1.61. The highest BCUT2D eigenvalue weighted by molar-refractivity contribution is 6.42. The van der Waals surface area contributed by atoms with Crippen LogP contribution in [-0.4, -0.2) is 13.0 Å². The van der Waals surface area contributed by atoms with Crippen molar-refractivity contribution in [2.45, 2.75) is 19.3 Å². The summed E-state index contributed by atoms with van der Waals surface area (Å²) in [6.45, 7) is 4.63. The zero-order valence-corrected chi connectivity index (χ0v) is 10.2. The lowest BCUT2D eigenvalue weighted by molar-refractivity contribution is -0.109. The maximum Gasteiger partial charge on any atom is 0.207 e. The molecule has 0 aliphatic heterocycles. The maximum atomic E-state index is 10.2. The van der Waals surface area contributed by atoms with E-state index in [2.05, 4.69) is 5.32 Å². The minimum atomic E-state index is -0.158. The van der Waals surface area contributed by atoms with E-state index >= 15 is 0 Å². The molecule has 15 heavy (non-hydrogen) atoms. The lowest BCUT2D eigenvalue weighted by Crippen LogP contribution is -2.32. The Balaban J connectivity index is 2.93. The largest absolute Gasteiger partial charge is 0.358 e. The molecule has 0 aliphatic carbocycles. The van der Waals surface area contributed by atoms with Crippen LogP contribution in [0.15, 0.2) is 18.2 Å². The second kappa shape index (κ2) is 4.86. The number of hydrogen-bond donors (Lipinski definition) is 1. The molecule has 0 spiro atoms. The van der Waals surface area contributed by atoms with Crippen molar-refractivity contribution in [2.24, 2.45) is 0 Å². The maximum absolute atomic E-state index is 10.2. The van der Waals surface area contributed by atoms with Gasteiger partial charge >= 0.3 is 0 Å². The summed E-state index contributed by atoms with van der Waals surface area (Å²) in [5.74, 6) is 0. The molecule has 0 heterocycles. The highest BCUT2D eigenvalue weighted by atomic mass is 35.5. The third-order valence-electron chi connectivity index (χ3n) is 2.33. The van der Waals surface area contributed by atoms with Gasteiger partial charge in [0.2, 0.25) is 6.41 Å². The first-order valence-electron chi connectivity index (χ1n) is 4.60. The first-order valence-corrected chi connectivity index (χ1v) is 5.35. The van der Waals surface area contributed by atoms with Gasteiger partial charge in [-0.1, -0.05) is 43.1 Å². The zero-order chi connectivity index (χ0) is 11.5. The van der Waals surface area contributed by atoms with Gasteiger partial charge in [-0.05, 0) is 17.7 Å². The SMILES string of the molecule is CC(C)(CNC=O)c1ccc(Cl)c(Cl)c1. The summed E-state index contributed by atoms with van der Waals surface area (Å²) < 4.78 is 0. The van der Waals surface area contributed by atoms with Crippen LogP contribution >= 0.6 is 23.2 Å². The molecule has 1 rings (SSSR count). The van der Waals surface area contributed by atoms with Crippen LogP contribution in [0.2, 0.25) is 10.0 Å². The summed E-state index contributed by atoms with van der Waals surface area (Å²) in [6, 6.07) is 5.51. The predicted octanol–water partition coefficient (Wildman–Crippen LogP) is 3.02. The number of hydrogen-bond acceptors (Lipinski definition) is 1. The summed E-state index contributed by atoms with van der Waals surface area (Å²) in [5.41, 5.74) is 0.890. The van der Waals surface area contributed by atoms with E-state index in [1.54, 1.807) is 6.07 Å². The van der Waals surface area contributed by atoms with Gasteiger partial charge in [0.25, 0.3) is 0 Å². The quantitative estimate of drug-likeness (QED) is 0.813. The van der Waals surface area contributed by atoms with Crippen LogP contribution in [-0.2, 0) is 10.2 Å². The molecule has 0 atom stereocenters. The number of benzene rings is 1. The number of amides is 1. The van der Waals surface area contributed by atoms with Crippen molar-refractivity contribution in [3.8, 4) is 0 Å². The smallest absolute Gasteiger partial charge is 0.207 e. The summed E-state index contributed by atoms with van der Waals surface area (Å²) in [5, 5.41) is 3.74. The topological polar surface area (TPSA) is 29.1 Å². The Bertz CT molecular complexity index is 364. The van der Waals surface area contributed by atoms with Crippen molar-refractivity contribution >= 4 is 29.6 Å². The van der Waals surface area contributed by atoms with Crippen LogP contribution in [0.4, 0.5) is 0 Å². The first-order chi connectivity index (χ1) is 6.97. The Kier molecular flexibility index (Phi) is 4.00. The van der Waals surface area contributed by atoms with Crippen LogP contribution < -0.4 is 5.32 Å². The summed E-state index contributed by atoms with van der Waals surface area (Å²) >= 11 is 11.8. The zero-order valence-electron chi connectivity index (χ0n) is 8.68. The second-order valence-corrected chi connectivity index (χ2v) is 4.83. The Hall–Kier alpha value is -0.730. The standard InChI is InChI=1S/C11H13Cl2NO/c1-11(2,6-14-7-15)8-3-4-9(12)10(13)5-8/h3-5,7H,6H2,1-2H3,(H,14,15). The molecule has 0 aromatic heterocycles. The van der Waals surface area contributed by atoms with Gasteiger partial charge in [-0.3, -0.25) is 4.79 Å². The van der Waals surface area contributed by atoms with Gasteiger partial charge in [-0.15, -0.1) is 0 Å². The molecule has 2 nitrogen and oxygen atoms in total. The molecule has 0 saturated carbocycles. The van der Waals surface area contributed by atoms with Crippen LogP contribution in [0, 0.1) is 0 Å². The van der Waals surface area contributed by atoms with Crippen molar-refractivity contribution < 1.29 is 4.79 Å². The number of nitrogens with one attached hydrogen (secondary N) is 1. The lowest BCUT2D eigenvalue weighted by Gasteiger charge is -2.25. The average Bonchev–Trinajstić information content (AvgIpc) is 2.19. The van der Waals surface area contributed by atoms with E-state index in [9.17, 15) is 4.79 Å². The van der Waals surface area contributed by atoms with E-state index in [1.807, 2.05) is 26.0 Å². The van der Waals surface area contributed by atoms with E-state index in [1.165, 1.54) is 0 Å². The van der Waals surface area contributed by atoms with E-state index < -0.39 is 0 Å². The fourth-order valence-electron chi connectivity index (χ4n) is 1.32. The monoisotopic (exact) mass is 245 g/mol. The third-order valence-corrected chi connectivity index (χ3v) is 3.07. The van der Waals surface area contributed by atoms with Crippen LogP contribution in [0.3, 0.4) is 0 Å². The van der Waals surface area contributed by atoms with Gasteiger partial charge in [0, 0.05) is 12.0 Å². The van der Waals surface area contributed by atoms with Gasteiger partial charge in [0.15, 0.2) is 0 Å². The van der Waals surface area contributed by atoms with E-state index in [0.29, 0.717) is 23.0 Å². The van der Waals surface area contributed by atoms with Crippen molar-refractivity contribution in [3.63, 3.8) is 0 Å². The van der Waals surface area contributed by atoms with E-state index in [-0.39, 0.29) is 5.41 Å². The van der Waals surface area contributed by atoms with Crippen LogP contribution in [0.1, 0.15) is 19.4 Å². The average molecular weight is 246 g/mol. The van der Waals surface area contributed by atoms with E-state index in [4.69, 9.17) is 23.2 Å². The van der Waals surface area contributed by atoms with E-state index in [0.717, 1.165) is 5.56 Å². The third kappa shape index (κ3) is 3.11. The molecule has 1 amide bonds. The second-order valence-electron chi connectivity index (χ2n) is 4.01. The van der Waals surface area contributed by atoms with Crippen molar-refractivity contribution in [2.75, 3.05) is 6.54 Å². The fraction of sp³-hybridized carbons (Fsp3) is 0.364. The molecular weight excluding hydrogens is 233 g/mol. The number of rotatable bonds is 4. The Morgan fingerprint density at radius 3 is 2.53 bits per heavy atom. The summed E-state index contributed by atoms with van der Waals surface area (Å²) in [7, 11) is 0. The minimum Gasteiger partial charge on any atom is -0.358 e. The molecule has 1 N–H and O–H groups in total. The predicted molar refractivity (Wildman–Crippen MR) is 63.6 cm³/mol. The summed E-state index contributed by atoms with van der Waals surface area (Å²) in [6.07, 6.45) is 0.694. The van der Waals surface area contributed by atoms with Crippen LogP contribution in [0.25, 0.3) is 0 Å².